The van der Waals surface area contributed by atoms with E-state index >= 15 is 0 Å². The number of carbonyl (C=O) groups excluding carboxylic acids is 2. The number of piperidine rings is 1. The first kappa shape index (κ1) is 20.7. The van der Waals surface area contributed by atoms with E-state index in [9.17, 15) is 18.0 Å². The van der Waals surface area contributed by atoms with Gasteiger partial charge in [0, 0.05) is 53.2 Å². The molecule has 0 aliphatic carbocycles. The highest BCUT2D eigenvalue weighted by molar-refractivity contribution is 7.87. The van der Waals surface area contributed by atoms with Gasteiger partial charge in [-0.25, -0.2) is 9.52 Å². The molecule has 1 fully saturated rings. The number of hydrogen-bond donors (Lipinski definition) is 1. The molecule has 1 aliphatic heterocycles. The first-order valence-electron chi connectivity index (χ1n) is 8.05. The summed E-state index contributed by atoms with van der Waals surface area (Å²) in [5.74, 6) is -0.103. The highest BCUT2D eigenvalue weighted by Gasteiger charge is 2.28. The minimum Gasteiger partial charge on any atom is -0.450 e. The summed E-state index contributed by atoms with van der Waals surface area (Å²) in [7, 11) is -0.619. The summed E-state index contributed by atoms with van der Waals surface area (Å²) in [4.78, 5) is 26.9. The largest absolute Gasteiger partial charge is 0.450 e. The molecular formula is C14H28N4O5S. The summed E-state index contributed by atoms with van der Waals surface area (Å²) >= 11 is 0. The lowest BCUT2D eigenvalue weighted by Crippen LogP contribution is -2.50. The van der Waals surface area contributed by atoms with Crippen molar-refractivity contribution in [3.8, 4) is 0 Å². The van der Waals surface area contributed by atoms with E-state index in [1.54, 1.807) is 16.7 Å². The van der Waals surface area contributed by atoms with Gasteiger partial charge in [-0.2, -0.15) is 12.7 Å². The van der Waals surface area contributed by atoms with E-state index in [0.29, 0.717) is 39.1 Å². The molecule has 0 radical (unpaired) electrons. The predicted molar refractivity (Wildman–Crippen MR) is 89.6 cm³/mol. The molecule has 0 saturated carbocycles. The van der Waals surface area contributed by atoms with E-state index < -0.39 is 10.2 Å². The van der Waals surface area contributed by atoms with Crippen molar-refractivity contribution in [3.05, 3.63) is 0 Å². The van der Waals surface area contributed by atoms with Crippen molar-refractivity contribution >= 4 is 22.2 Å². The third-order valence-corrected chi connectivity index (χ3v) is 5.48. The Hall–Kier alpha value is -1.39. The number of likely N-dealkylation sites (tertiary alicyclic amines) is 1. The van der Waals surface area contributed by atoms with E-state index in [1.807, 2.05) is 0 Å². The second-order valence-electron chi connectivity index (χ2n) is 5.81. The zero-order chi connectivity index (χ0) is 18.3. The molecule has 1 heterocycles. The number of nitrogens with one attached hydrogen (secondary N) is 1. The maximum absolute atomic E-state index is 11.9. The lowest BCUT2D eigenvalue weighted by atomic mass is 10.0. The highest BCUT2D eigenvalue weighted by Crippen LogP contribution is 2.17. The third-order valence-electron chi connectivity index (χ3n) is 3.95. The van der Waals surface area contributed by atoms with Crippen molar-refractivity contribution in [2.75, 3.05) is 46.9 Å². The number of ether oxygens (including phenoxy) is 1. The van der Waals surface area contributed by atoms with E-state index in [0.717, 1.165) is 4.31 Å². The number of carbonyl (C=O) groups is 2. The van der Waals surface area contributed by atoms with Crippen LogP contribution in [-0.2, 0) is 19.7 Å². The molecule has 0 aromatic rings. The van der Waals surface area contributed by atoms with Crippen molar-refractivity contribution in [2.24, 2.45) is 0 Å². The Labute approximate surface area is 144 Å². The van der Waals surface area contributed by atoms with E-state index in [-0.39, 0.29) is 24.6 Å². The second-order valence-corrected chi connectivity index (χ2v) is 7.78. The van der Waals surface area contributed by atoms with Gasteiger partial charge in [0.2, 0.25) is 5.91 Å². The summed E-state index contributed by atoms with van der Waals surface area (Å²) in [5.41, 5.74) is 0. The average molecular weight is 364 g/mol. The predicted octanol–water partition coefficient (Wildman–Crippen LogP) is -0.148. The Morgan fingerprint density at radius 2 is 1.83 bits per heavy atom. The van der Waals surface area contributed by atoms with E-state index in [2.05, 4.69) is 4.72 Å². The summed E-state index contributed by atoms with van der Waals surface area (Å²) < 4.78 is 31.9. The maximum atomic E-state index is 11.9. The average Bonchev–Trinajstić information content (AvgIpc) is 2.51. The van der Waals surface area contributed by atoms with Crippen LogP contribution in [0.1, 0.15) is 26.7 Å². The highest BCUT2D eigenvalue weighted by atomic mass is 32.2. The van der Waals surface area contributed by atoms with Gasteiger partial charge in [0.1, 0.15) is 0 Å². The lowest BCUT2D eigenvalue weighted by molar-refractivity contribution is -0.131. The molecule has 24 heavy (non-hydrogen) atoms. The minimum atomic E-state index is -3.50. The Balaban J connectivity index is 2.53. The summed E-state index contributed by atoms with van der Waals surface area (Å²) in [5, 5.41) is 0. The fourth-order valence-corrected chi connectivity index (χ4v) is 3.20. The molecule has 10 heteroatoms. The van der Waals surface area contributed by atoms with E-state index in [1.165, 1.54) is 21.0 Å². The fourth-order valence-electron chi connectivity index (χ4n) is 2.60. The van der Waals surface area contributed by atoms with Crippen molar-refractivity contribution in [2.45, 2.75) is 32.7 Å². The van der Waals surface area contributed by atoms with Crippen LogP contribution < -0.4 is 4.72 Å². The minimum absolute atomic E-state index is 0.00274. The standard InChI is InChI=1S/C14H28N4O5S/c1-5-23-14(20)17-9-6-13(7-10-17)18(12(2)19)11-8-15-24(21,22)16(3)4/h13,15H,5-11H2,1-4H3. The van der Waals surface area contributed by atoms with Crippen LogP contribution in [0.3, 0.4) is 0 Å². The van der Waals surface area contributed by atoms with Gasteiger partial charge < -0.3 is 14.5 Å². The van der Waals surface area contributed by atoms with Crippen LogP contribution in [0.15, 0.2) is 0 Å². The normalized spacial score (nSPS) is 16.3. The number of hydrogen-bond acceptors (Lipinski definition) is 5. The van der Waals surface area contributed by atoms with Gasteiger partial charge in [0.25, 0.3) is 10.2 Å². The van der Waals surface area contributed by atoms with Gasteiger partial charge in [-0.05, 0) is 19.8 Å². The fraction of sp³-hybridized carbons (Fsp3) is 0.857. The molecule has 9 nitrogen and oxygen atoms in total. The topological polar surface area (TPSA) is 99.3 Å². The molecule has 1 rings (SSSR count). The Morgan fingerprint density at radius 3 is 2.29 bits per heavy atom. The van der Waals surface area contributed by atoms with Gasteiger partial charge in [-0.15, -0.1) is 0 Å². The molecule has 0 bridgehead atoms. The van der Waals surface area contributed by atoms with Gasteiger partial charge >= 0.3 is 6.09 Å². The summed E-state index contributed by atoms with van der Waals surface area (Å²) in [6, 6.07) is -0.00274. The molecule has 0 unspecified atom stereocenters. The van der Waals surface area contributed by atoms with Crippen LogP contribution in [0.25, 0.3) is 0 Å². The van der Waals surface area contributed by atoms with Crippen molar-refractivity contribution < 1.29 is 22.7 Å². The lowest BCUT2D eigenvalue weighted by Gasteiger charge is -2.37. The van der Waals surface area contributed by atoms with Gasteiger partial charge in [0.15, 0.2) is 0 Å². The molecule has 0 aromatic carbocycles. The number of amides is 2. The van der Waals surface area contributed by atoms with Crippen LogP contribution in [0.2, 0.25) is 0 Å². The van der Waals surface area contributed by atoms with Crippen LogP contribution in [0.5, 0.6) is 0 Å². The van der Waals surface area contributed by atoms with Crippen molar-refractivity contribution in [3.63, 3.8) is 0 Å². The van der Waals surface area contributed by atoms with Gasteiger partial charge in [-0.1, -0.05) is 0 Å². The molecule has 0 aromatic heterocycles. The van der Waals surface area contributed by atoms with Crippen LogP contribution in [-0.4, -0.2) is 87.4 Å². The third kappa shape index (κ3) is 5.91. The van der Waals surface area contributed by atoms with Crippen molar-refractivity contribution in [1.82, 2.24) is 18.8 Å². The zero-order valence-corrected chi connectivity index (χ0v) is 15.6. The summed E-state index contributed by atoms with van der Waals surface area (Å²) in [6.45, 7) is 5.07. The molecule has 2 amide bonds. The van der Waals surface area contributed by atoms with Gasteiger partial charge in [0.05, 0.1) is 6.61 Å². The Bertz CT molecular complexity index is 529. The monoisotopic (exact) mass is 364 g/mol. The molecule has 1 saturated heterocycles. The Kier molecular flexibility index (Phi) is 7.91. The van der Waals surface area contributed by atoms with Crippen LogP contribution >= 0.6 is 0 Å². The van der Waals surface area contributed by atoms with Crippen LogP contribution in [0, 0.1) is 0 Å². The number of nitrogens with zero attached hydrogens (tertiary/aromatic N) is 3. The summed E-state index contributed by atoms with van der Waals surface area (Å²) in [6.07, 6.45) is 0.974. The molecular weight excluding hydrogens is 336 g/mol. The first-order chi connectivity index (χ1) is 11.2. The zero-order valence-electron chi connectivity index (χ0n) is 14.8. The molecule has 0 atom stereocenters. The molecule has 0 spiro atoms. The molecule has 1 aliphatic rings. The van der Waals surface area contributed by atoms with Crippen LogP contribution in [0.4, 0.5) is 4.79 Å². The maximum Gasteiger partial charge on any atom is 0.409 e. The SMILES string of the molecule is CCOC(=O)N1CCC(N(CCNS(=O)(=O)N(C)C)C(C)=O)CC1. The smallest absolute Gasteiger partial charge is 0.409 e. The first-order valence-corrected chi connectivity index (χ1v) is 9.49. The quantitative estimate of drug-likeness (QED) is 0.677. The Morgan fingerprint density at radius 1 is 1.25 bits per heavy atom. The number of rotatable bonds is 7. The van der Waals surface area contributed by atoms with Crippen molar-refractivity contribution in [1.29, 1.82) is 0 Å². The van der Waals surface area contributed by atoms with E-state index in [4.69, 9.17) is 4.74 Å². The molecule has 1 N–H and O–H groups in total. The van der Waals surface area contributed by atoms with Gasteiger partial charge in [-0.3, -0.25) is 4.79 Å². The molecule has 140 valence electrons. The second kappa shape index (κ2) is 9.19.